The molecule has 6 heteroatoms. The molecule has 0 saturated carbocycles. The maximum atomic E-state index is 12.5. The first-order chi connectivity index (χ1) is 11.2. The van der Waals surface area contributed by atoms with E-state index >= 15 is 0 Å². The van der Waals surface area contributed by atoms with Crippen LogP contribution in [0.2, 0.25) is 0 Å². The maximum absolute atomic E-state index is 12.5. The first kappa shape index (κ1) is 15.8. The van der Waals surface area contributed by atoms with Crippen molar-refractivity contribution in [2.24, 2.45) is 0 Å². The first-order valence-electron chi connectivity index (χ1n) is 8.10. The van der Waals surface area contributed by atoms with Crippen molar-refractivity contribution < 1.29 is 19.1 Å². The number of carbonyl (C=O) groups excluding carboxylic acids is 2. The van der Waals surface area contributed by atoms with E-state index < -0.39 is 0 Å². The Hall–Kier alpha value is -2.08. The largest absolute Gasteiger partial charge is 0.486 e. The van der Waals surface area contributed by atoms with E-state index in [1.54, 1.807) is 18.2 Å². The van der Waals surface area contributed by atoms with Crippen molar-refractivity contribution in [3.63, 3.8) is 0 Å². The predicted molar refractivity (Wildman–Crippen MR) is 85.1 cm³/mol. The molecule has 1 fully saturated rings. The molecule has 6 nitrogen and oxygen atoms in total. The number of benzene rings is 1. The molecule has 0 aliphatic carbocycles. The molecule has 0 atom stereocenters. The third kappa shape index (κ3) is 3.64. The van der Waals surface area contributed by atoms with Crippen molar-refractivity contribution in [3.05, 3.63) is 23.8 Å². The maximum Gasteiger partial charge on any atom is 0.222 e. The molecule has 1 aromatic carbocycles. The zero-order valence-electron chi connectivity index (χ0n) is 13.4. The van der Waals surface area contributed by atoms with Crippen molar-refractivity contribution in [2.45, 2.75) is 13.3 Å². The molecule has 1 aromatic rings. The molecule has 0 radical (unpaired) electrons. The highest BCUT2D eigenvalue weighted by atomic mass is 16.6. The van der Waals surface area contributed by atoms with Crippen LogP contribution in [0.15, 0.2) is 18.2 Å². The third-order valence-electron chi connectivity index (χ3n) is 4.26. The van der Waals surface area contributed by atoms with Gasteiger partial charge in [-0.05, 0) is 18.2 Å². The van der Waals surface area contributed by atoms with Crippen LogP contribution in [-0.2, 0) is 4.79 Å². The van der Waals surface area contributed by atoms with Crippen LogP contribution in [0.5, 0.6) is 11.5 Å². The molecule has 2 aliphatic rings. The molecule has 2 aliphatic heterocycles. The van der Waals surface area contributed by atoms with E-state index in [1.165, 1.54) is 0 Å². The van der Waals surface area contributed by atoms with Gasteiger partial charge in [-0.25, -0.2) is 0 Å². The van der Waals surface area contributed by atoms with Crippen LogP contribution in [0, 0.1) is 0 Å². The van der Waals surface area contributed by atoms with Crippen molar-refractivity contribution in [1.29, 1.82) is 0 Å². The molecule has 124 valence electrons. The number of hydrogen-bond donors (Lipinski definition) is 0. The highest BCUT2D eigenvalue weighted by molar-refractivity contribution is 5.98. The first-order valence-corrected chi connectivity index (χ1v) is 8.10. The number of piperazine rings is 1. The second kappa shape index (κ2) is 7.00. The lowest BCUT2D eigenvalue weighted by atomic mass is 10.1. The predicted octanol–water partition coefficient (Wildman–Crippen LogP) is 1.19. The van der Waals surface area contributed by atoms with Gasteiger partial charge in [-0.2, -0.15) is 0 Å². The Morgan fingerprint density at radius 2 is 1.74 bits per heavy atom. The average molecular weight is 318 g/mol. The molecule has 23 heavy (non-hydrogen) atoms. The minimum absolute atomic E-state index is 0.0669. The van der Waals surface area contributed by atoms with Crippen LogP contribution in [-0.4, -0.2) is 67.4 Å². The van der Waals surface area contributed by atoms with Crippen LogP contribution in [0.25, 0.3) is 0 Å². The molecule has 0 unspecified atom stereocenters. The molecular formula is C17H22N2O4. The lowest BCUT2D eigenvalue weighted by Crippen LogP contribution is -2.49. The fourth-order valence-electron chi connectivity index (χ4n) is 2.89. The normalized spacial score (nSPS) is 17.9. The van der Waals surface area contributed by atoms with Crippen LogP contribution < -0.4 is 9.47 Å². The zero-order valence-corrected chi connectivity index (χ0v) is 13.4. The van der Waals surface area contributed by atoms with Gasteiger partial charge in [0, 0.05) is 38.2 Å². The van der Waals surface area contributed by atoms with Gasteiger partial charge >= 0.3 is 0 Å². The summed E-state index contributed by atoms with van der Waals surface area (Å²) in [5.41, 5.74) is 0.640. The number of hydrogen-bond acceptors (Lipinski definition) is 5. The number of Topliss-reactive ketones (excluding diaryl/α,β-unsaturated/α-hetero) is 1. The van der Waals surface area contributed by atoms with Gasteiger partial charge in [0.1, 0.15) is 13.2 Å². The van der Waals surface area contributed by atoms with Crippen molar-refractivity contribution in [1.82, 2.24) is 9.80 Å². The van der Waals surface area contributed by atoms with Gasteiger partial charge in [0.05, 0.1) is 6.54 Å². The lowest BCUT2D eigenvalue weighted by Gasteiger charge is -2.34. The topological polar surface area (TPSA) is 59.1 Å². The van der Waals surface area contributed by atoms with E-state index in [-0.39, 0.29) is 11.7 Å². The number of nitrogens with zero attached hydrogens (tertiary/aromatic N) is 2. The van der Waals surface area contributed by atoms with E-state index in [1.807, 2.05) is 11.8 Å². The summed E-state index contributed by atoms with van der Waals surface area (Å²) in [4.78, 5) is 28.1. The minimum Gasteiger partial charge on any atom is -0.486 e. The summed E-state index contributed by atoms with van der Waals surface area (Å²) in [6.45, 7) is 6.17. The lowest BCUT2D eigenvalue weighted by molar-refractivity contribution is -0.132. The van der Waals surface area contributed by atoms with Crippen LogP contribution >= 0.6 is 0 Å². The summed E-state index contributed by atoms with van der Waals surface area (Å²) in [6, 6.07) is 5.33. The Labute approximate surface area is 136 Å². The van der Waals surface area contributed by atoms with E-state index in [9.17, 15) is 9.59 Å². The number of rotatable bonds is 4. The van der Waals surface area contributed by atoms with Crippen molar-refractivity contribution in [2.75, 3.05) is 45.9 Å². The highest BCUT2D eigenvalue weighted by Gasteiger charge is 2.22. The smallest absolute Gasteiger partial charge is 0.222 e. The van der Waals surface area contributed by atoms with Crippen LogP contribution in [0.4, 0.5) is 0 Å². The van der Waals surface area contributed by atoms with Gasteiger partial charge in [-0.3, -0.25) is 14.5 Å². The van der Waals surface area contributed by atoms with Crippen LogP contribution in [0.3, 0.4) is 0 Å². The molecule has 2 heterocycles. The Bertz CT molecular complexity index is 594. The van der Waals surface area contributed by atoms with Gasteiger partial charge in [0.2, 0.25) is 5.91 Å². The zero-order chi connectivity index (χ0) is 16.2. The Kier molecular flexibility index (Phi) is 4.81. The fraction of sp³-hybridized carbons (Fsp3) is 0.529. The summed E-state index contributed by atoms with van der Waals surface area (Å²) in [7, 11) is 0. The molecule has 1 saturated heterocycles. The van der Waals surface area contributed by atoms with Gasteiger partial charge in [0.15, 0.2) is 17.3 Å². The molecule has 0 spiro atoms. The molecule has 3 rings (SSSR count). The minimum atomic E-state index is 0.0669. The number of carbonyl (C=O) groups is 2. The SMILES string of the molecule is CCC(=O)N1CCN(CC(=O)c2ccc3c(c2)OCCO3)CC1. The Balaban J connectivity index is 1.57. The van der Waals surface area contributed by atoms with E-state index in [0.29, 0.717) is 56.3 Å². The molecule has 0 aromatic heterocycles. The van der Waals surface area contributed by atoms with E-state index in [4.69, 9.17) is 9.47 Å². The summed E-state index contributed by atoms with van der Waals surface area (Å²) in [6.07, 6.45) is 0.538. The third-order valence-corrected chi connectivity index (χ3v) is 4.26. The second-order valence-electron chi connectivity index (χ2n) is 5.79. The second-order valence-corrected chi connectivity index (χ2v) is 5.79. The van der Waals surface area contributed by atoms with E-state index in [2.05, 4.69) is 4.90 Å². The van der Waals surface area contributed by atoms with Gasteiger partial charge in [-0.1, -0.05) is 6.92 Å². The molecule has 0 N–H and O–H groups in total. The summed E-state index contributed by atoms with van der Waals surface area (Å²) >= 11 is 0. The molecule has 1 amide bonds. The Morgan fingerprint density at radius 3 is 2.43 bits per heavy atom. The number of fused-ring (bicyclic) bond motifs is 1. The fourth-order valence-corrected chi connectivity index (χ4v) is 2.89. The average Bonchev–Trinajstić information content (AvgIpc) is 2.61. The summed E-state index contributed by atoms with van der Waals surface area (Å²) in [5, 5.41) is 0. The molecule has 0 bridgehead atoms. The number of amides is 1. The quantitative estimate of drug-likeness (QED) is 0.781. The van der Waals surface area contributed by atoms with Crippen LogP contribution in [0.1, 0.15) is 23.7 Å². The van der Waals surface area contributed by atoms with Gasteiger partial charge in [-0.15, -0.1) is 0 Å². The summed E-state index contributed by atoms with van der Waals surface area (Å²) < 4.78 is 11.0. The highest BCUT2D eigenvalue weighted by Crippen LogP contribution is 2.30. The van der Waals surface area contributed by atoms with E-state index in [0.717, 1.165) is 13.1 Å². The monoisotopic (exact) mass is 318 g/mol. The number of ether oxygens (including phenoxy) is 2. The van der Waals surface area contributed by atoms with Crippen molar-refractivity contribution >= 4 is 11.7 Å². The molecular weight excluding hydrogens is 296 g/mol. The van der Waals surface area contributed by atoms with Gasteiger partial charge in [0.25, 0.3) is 0 Å². The van der Waals surface area contributed by atoms with Crippen molar-refractivity contribution in [3.8, 4) is 11.5 Å². The summed E-state index contributed by atoms with van der Waals surface area (Å²) in [5.74, 6) is 1.58. The van der Waals surface area contributed by atoms with Gasteiger partial charge < -0.3 is 14.4 Å². The standard InChI is InChI=1S/C17H22N2O4/c1-2-17(21)19-7-5-18(6-8-19)12-14(20)13-3-4-15-16(11-13)23-10-9-22-15/h3-4,11H,2,5-10,12H2,1H3. The number of ketones is 1. The Morgan fingerprint density at radius 1 is 1.04 bits per heavy atom.